The van der Waals surface area contributed by atoms with Gasteiger partial charge in [-0.2, -0.15) is 0 Å². The number of rotatable bonds is 3. The Morgan fingerprint density at radius 1 is 1.29 bits per heavy atom. The number of halogens is 2. The van der Waals surface area contributed by atoms with Gasteiger partial charge >= 0.3 is 0 Å². The Labute approximate surface area is 112 Å². The molecule has 1 aromatic heterocycles. The Kier molecular flexibility index (Phi) is 3.81. The van der Waals surface area contributed by atoms with Crippen molar-refractivity contribution in [3.63, 3.8) is 0 Å². The molecule has 0 aliphatic heterocycles. The van der Waals surface area contributed by atoms with Crippen LogP contribution in [-0.2, 0) is 0 Å². The summed E-state index contributed by atoms with van der Waals surface area (Å²) in [5.74, 6) is 1.81. The van der Waals surface area contributed by atoms with Gasteiger partial charge in [-0.15, -0.1) is 0 Å². The van der Waals surface area contributed by atoms with E-state index in [1.807, 2.05) is 0 Å². The van der Waals surface area contributed by atoms with Crippen molar-refractivity contribution < 1.29 is 4.74 Å². The predicted octanol–water partition coefficient (Wildman–Crippen LogP) is 3.73. The molecule has 0 unspecified atom stereocenters. The molecule has 0 bridgehead atoms. The summed E-state index contributed by atoms with van der Waals surface area (Å²) in [6, 6.07) is 6.99. The maximum Gasteiger partial charge on any atom is 0.224 e. The first-order valence-corrected chi connectivity index (χ1v) is 5.99. The average Bonchev–Trinajstić information content (AvgIpc) is 2.33. The van der Waals surface area contributed by atoms with Crippen LogP contribution in [0.5, 0.6) is 11.6 Å². The lowest BCUT2D eigenvalue weighted by Gasteiger charge is -2.07. The Balaban J connectivity index is 2.25. The van der Waals surface area contributed by atoms with E-state index in [4.69, 9.17) is 16.3 Å². The number of anilines is 1. The van der Waals surface area contributed by atoms with Crippen molar-refractivity contribution in [3.05, 3.63) is 40.1 Å². The van der Waals surface area contributed by atoms with Gasteiger partial charge in [0.1, 0.15) is 17.9 Å². The molecule has 0 atom stereocenters. The van der Waals surface area contributed by atoms with E-state index in [0.29, 0.717) is 22.5 Å². The molecule has 0 aliphatic carbocycles. The molecule has 0 fully saturated rings. The zero-order valence-electron chi connectivity index (χ0n) is 8.95. The molecule has 6 heteroatoms. The molecule has 1 heterocycles. The molecule has 0 amide bonds. The molecule has 0 aliphatic rings. The second-order valence-electron chi connectivity index (χ2n) is 3.17. The quantitative estimate of drug-likeness (QED) is 0.938. The fourth-order valence-corrected chi connectivity index (χ4v) is 1.97. The van der Waals surface area contributed by atoms with Crippen molar-refractivity contribution in [3.8, 4) is 11.6 Å². The van der Waals surface area contributed by atoms with Crippen molar-refractivity contribution in [2.45, 2.75) is 0 Å². The molecule has 1 N–H and O–H groups in total. The Hall–Kier alpha value is -1.33. The van der Waals surface area contributed by atoms with E-state index in [0.717, 1.165) is 4.47 Å². The van der Waals surface area contributed by atoms with Crippen LogP contribution >= 0.6 is 27.5 Å². The van der Waals surface area contributed by atoms with E-state index in [-0.39, 0.29) is 0 Å². The third-order valence-corrected chi connectivity index (χ3v) is 2.86. The zero-order chi connectivity index (χ0) is 12.3. The summed E-state index contributed by atoms with van der Waals surface area (Å²) in [6.07, 6.45) is 1.44. The molecule has 2 aromatic rings. The molecule has 88 valence electrons. The molecule has 4 nitrogen and oxygen atoms in total. The first-order chi connectivity index (χ1) is 8.19. The van der Waals surface area contributed by atoms with Crippen LogP contribution in [-0.4, -0.2) is 17.0 Å². The molecule has 0 radical (unpaired) electrons. The van der Waals surface area contributed by atoms with Crippen LogP contribution in [0.2, 0.25) is 5.02 Å². The molecule has 17 heavy (non-hydrogen) atoms. The number of nitrogens with one attached hydrogen (secondary N) is 1. The fraction of sp³-hybridized carbons (Fsp3) is 0.0909. The van der Waals surface area contributed by atoms with Crippen LogP contribution in [0.25, 0.3) is 0 Å². The lowest BCUT2D eigenvalue weighted by molar-refractivity contribution is 0.459. The van der Waals surface area contributed by atoms with Gasteiger partial charge in [0.05, 0.1) is 4.47 Å². The normalized spacial score (nSPS) is 10.1. The molecule has 1 aromatic carbocycles. The van der Waals surface area contributed by atoms with Crippen LogP contribution in [0.1, 0.15) is 0 Å². The van der Waals surface area contributed by atoms with Gasteiger partial charge in [-0.3, -0.25) is 0 Å². The molecule has 2 rings (SSSR count). The van der Waals surface area contributed by atoms with Gasteiger partial charge in [-0.1, -0.05) is 11.6 Å². The van der Waals surface area contributed by atoms with E-state index < -0.39 is 0 Å². The van der Waals surface area contributed by atoms with Gasteiger partial charge < -0.3 is 10.1 Å². The summed E-state index contributed by atoms with van der Waals surface area (Å²) in [4.78, 5) is 8.02. The number of benzene rings is 1. The highest BCUT2D eigenvalue weighted by atomic mass is 79.9. The van der Waals surface area contributed by atoms with Crippen LogP contribution < -0.4 is 10.1 Å². The van der Waals surface area contributed by atoms with Gasteiger partial charge in [-0.25, -0.2) is 9.97 Å². The van der Waals surface area contributed by atoms with E-state index in [9.17, 15) is 0 Å². The first-order valence-electron chi connectivity index (χ1n) is 4.82. The highest BCUT2D eigenvalue weighted by Gasteiger charge is 2.05. The number of aromatic nitrogens is 2. The Bertz CT molecular complexity index is 536. The van der Waals surface area contributed by atoms with E-state index in [1.165, 1.54) is 6.33 Å². The van der Waals surface area contributed by atoms with Crippen LogP contribution in [0.4, 0.5) is 5.82 Å². The van der Waals surface area contributed by atoms with Gasteiger partial charge in [0.15, 0.2) is 0 Å². The van der Waals surface area contributed by atoms with Crippen molar-refractivity contribution in [1.29, 1.82) is 0 Å². The molecule has 0 saturated carbocycles. The first kappa shape index (κ1) is 12.1. The Morgan fingerprint density at radius 2 is 2.12 bits per heavy atom. The molecular formula is C11H9BrClN3O. The zero-order valence-corrected chi connectivity index (χ0v) is 11.3. The average molecular weight is 315 g/mol. The van der Waals surface area contributed by atoms with Gasteiger partial charge in [0.2, 0.25) is 5.88 Å². The minimum atomic E-state index is 0.465. The van der Waals surface area contributed by atoms with Crippen molar-refractivity contribution in [2.75, 3.05) is 12.4 Å². The third kappa shape index (κ3) is 3.08. The maximum absolute atomic E-state index is 5.85. The minimum absolute atomic E-state index is 0.465. The largest absolute Gasteiger partial charge is 0.438 e. The number of hydrogen-bond acceptors (Lipinski definition) is 4. The number of ether oxygens (including phenoxy) is 1. The van der Waals surface area contributed by atoms with Crippen molar-refractivity contribution >= 4 is 33.3 Å². The lowest BCUT2D eigenvalue weighted by atomic mass is 10.3. The Morgan fingerprint density at radius 3 is 2.82 bits per heavy atom. The van der Waals surface area contributed by atoms with Gasteiger partial charge in [0, 0.05) is 18.1 Å². The van der Waals surface area contributed by atoms with Crippen LogP contribution in [0, 0.1) is 0 Å². The van der Waals surface area contributed by atoms with E-state index in [1.54, 1.807) is 31.3 Å². The minimum Gasteiger partial charge on any atom is -0.438 e. The second-order valence-corrected chi connectivity index (χ2v) is 4.46. The van der Waals surface area contributed by atoms with Crippen LogP contribution in [0.15, 0.2) is 35.1 Å². The lowest BCUT2D eigenvalue weighted by Crippen LogP contribution is -1.95. The summed E-state index contributed by atoms with van der Waals surface area (Å²) in [6.45, 7) is 0. The third-order valence-electron chi connectivity index (χ3n) is 2.01. The summed E-state index contributed by atoms with van der Waals surface area (Å²) < 4.78 is 6.38. The topological polar surface area (TPSA) is 47.0 Å². The fourth-order valence-electron chi connectivity index (χ4n) is 1.20. The highest BCUT2D eigenvalue weighted by Crippen LogP contribution is 2.31. The highest BCUT2D eigenvalue weighted by molar-refractivity contribution is 9.10. The van der Waals surface area contributed by atoms with Crippen LogP contribution in [0.3, 0.4) is 0 Å². The standard InChI is InChI=1S/C11H9BrClN3O/c1-14-10-5-11(16-6-15-10)17-9-3-2-7(13)4-8(9)12/h2-6H,1H3,(H,14,15,16). The number of nitrogens with zero attached hydrogens (tertiary/aromatic N) is 2. The van der Waals surface area contributed by atoms with E-state index >= 15 is 0 Å². The summed E-state index contributed by atoms with van der Waals surface area (Å²) in [7, 11) is 1.78. The molecule has 0 saturated heterocycles. The summed E-state index contributed by atoms with van der Waals surface area (Å²) in [5, 5.41) is 3.55. The van der Waals surface area contributed by atoms with Gasteiger partial charge in [0.25, 0.3) is 0 Å². The SMILES string of the molecule is CNc1cc(Oc2ccc(Cl)cc2Br)ncn1. The molecular weight excluding hydrogens is 305 g/mol. The predicted molar refractivity (Wildman–Crippen MR) is 70.8 cm³/mol. The summed E-state index contributed by atoms with van der Waals surface area (Å²) in [5.41, 5.74) is 0. The number of hydrogen-bond donors (Lipinski definition) is 1. The summed E-state index contributed by atoms with van der Waals surface area (Å²) >= 11 is 9.22. The van der Waals surface area contributed by atoms with Crippen molar-refractivity contribution in [2.24, 2.45) is 0 Å². The monoisotopic (exact) mass is 313 g/mol. The second kappa shape index (κ2) is 5.33. The smallest absolute Gasteiger partial charge is 0.224 e. The van der Waals surface area contributed by atoms with Gasteiger partial charge in [-0.05, 0) is 34.1 Å². The molecule has 0 spiro atoms. The van der Waals surface area contributed by atoms with E-state index in [2.05, 4.69) is 31.2 Å². The maximum atomic E-state index is 5.85. The van der Waals surface area contributed by atoms with Crippen molar-refractivity contribution in [1.82, 2.24) is 9.97 Å².